The Morgan fingerprint density at radius 1 is 1.26 bits per heavy atom. The summed E-state index contributed by atoms with van der Waals surface area (Å²) in [5.74, 6) is 0. The molecular weight excluding hydrogens is 284 g/mol. The largest absolute Gasteiger partial charge is 0.760 e. The van der Waals surface area contributed by atoms with Gasteiger partial charge in [0.1, 0.15) is 0 Å². The van der Waals surface area contributed by atoms with E-state index >= 15 is 0 Å². The van der Waals surface area contributed by atoms with E-state index in [0.29, 0.717) is 11.6 Å². The average molecular weight is 302 g/mol. The number of likely N-dealkylation sites (tertiary alicyclic amines) is 1. The number of rotatable bonds is 5. The van der Waals surface area contributed by atoms with Crippen molar-refractivity contribution in [3.8, 4) is 0 Å². The molecule has 4 nitrogen and oxygen atoms in total. The lowest BCUT2D eigenvalue weighted by molar-refractivity contribution is 0.164. The zero-order valence-electron chi connectivity index (χ0n) is 10.7. The predicted molar refractivity (Wildman–Crippen MR) is 76.5 cm³/mol. The van der Waals surface area contributed by atoms with Crippen LogP contribution in [0.2, 0.25) is 5.02 Å². The van der Waals surface area contributed by atoms with Crippen LogP contribution in [0.1, 0.15) is 30.9 Å². The molecule has 19 heavy (non-hydrogen) atoms. The molecule has 0 aliphatic carbocycles. The predicted octanol–water partition coefficient (Wildman–Crippen LogP) is 2.25. The second kappa shape index (κ2) is 7.36. The molecule has 0 spiro atoms. The van der Waals surface area contributed by atoms with Crippen LogP contribution in [0.15, 0.2) is 24.3 Å². The van der Waals surface area contributed by atoms with Crippen LogP contribution in [-0.2, 0) is 11.3 Å². The van der Waals surface area contributed by atoms with E-state index in [4.69, 9.17) is 11.6 Å². The van der Waals surface area contributed by atoms with Crippen LogP contribution in [0.5, 0.6) is 0 Å². The summed E-state index contributed by atoms with van der Waals surface area (Å²) in [6.45, 7) is 2.43. The second-order valence-electron chi connectivity index (χ2n) is 4.75. The first-order chi connectivity index (χ1) is 9.16. The summed E-state index contributed by atoms with van der Waals surface area (Å²) >= 11 is 3.68. The van der Waals surface area contributed by atoms with Crippen molar-refractivity contribution in [1.29, 1.82) is 0 Å². The van der Waals surface area contributed by atoms with Crippen LogP contribution in [0.3, 0.4) is 0 Å². The highest BCUT2D eigenvalue weighted by Crippen LogP contribution is 2.25. The summed E-state index contributed by atoms with van der Waals surface area (Å²) in [5.41, 5.74) is 1.10. The fraction of sp³-hybridized carbons (Fsp3) is 0.538. The Labute approximate surface area is 121 Å². The summed E-state index contributed by atoms with van der Waals surface area (Å²) in [6.07, 6.45) is 3.60. The second-order valence-corrected chi connectivity index (χ2v) is 5.94. The van der Waals surface area contributed by atoms with E-state index in [0.717, 1.165) is 18.7 Å². The molecule has 1 fully saturated rings. The highest BCUT2D eigenvalue weighted by molar-refractivity contribution is 7.77. The molecule has 6 heteroatoms. The number of hydrogen-bond acceptors (Lipinski definition) is 3. The summed E-state index contributed by atoms with van der Waals surface area (Å²) in [4.78, 5) is 2.34. The molecule has 2 rings (SSSR count). The third-order valence-corrected chi connectivity index (χ3v) is 4.14. The van der Waals surface area contributed by atoms with Crippen LogP contribution in [0, 0.1) is 0 Å². The van der Waals surface area contributed by atoms with Crippen molar-refractivity contribution >= 4 is 22.9 Å². The molecule has 1 aliphatic heterocycles. The number of halogens is 1. The van der Waals surface area contributed by atoms with Crippen LogP contribution < -0.4 is 4.72 Å². The maximum Gasteiger partial charge on any atom is 0.0482 e. The van der Waals surface area contributed by atoms with Gasteiger partial charge in [0, 0.05) is 28.9 Å². The minimum absolute atomic E-state index is 0.0791. The molecule has 1 aromatic rings. The number of piperidine rings is 1. The first kappa shape index (κ1) is 14.9. The average Bonchev–Trinajstić information content (AvgIpc) is 2.42. The van der Waals surface area contributed by atoms with Crippen molar-refractivity contribution in [3.05, 3.63) is 34.9 Å². The molecule has 0 radical (unpaired) electrons. The smallest absolute Gasteiger partial charge is 0.0482 e. The highest BCUT2D eigenvalue weighted by atomic mass is 35.5. The van der Waals surface area contributed by atoms with E-state index < -0.39 is 11.3 Å². The summed E-state index contributed by atoms with van der Waals surface area (Å²) in [5, 5.41) is 0.696. The lowest BCUT2D eigenvalue weighted by atomic mass is 10.0. The molecule has 1 N–H and O–H groups in total. The van der Waals surface area contributed by atoms with Crippen molar-refractivity contribution in [2.45, 2.75) is 25.3 Å². The number of nitrogens with zero attached hydrogens (tertiary/aromatic N) is 1. The molecule has 1 aromatic carbocycles. The monoisotopic (exact) mass is 301 g/mol. The van der Waals surface area contributed by atoms with Gasteiger partial charge in [-0.25, -0.2) is 4.72 Å². The van der Waals surface area contributed by atoms with Crippen LogP contribution in [-0.4, -0.2) is 33.3 Å². The van der Waals surface area contributed by atoms with Crippen molar-refractivity contribution in [3.63, 3.8) is 0 Å². The molecule has 1 aliphatic rings. The number of hydrogen-bond donors (Lipinski definition) is 1. The van der Waals surface area contributed by atoms with Crippen LogP contribution in [0.25, 0.3) is 0 Å². The Balaban J connectivity index is 2.12. The van der Waals surface area contributed by atoms with Crippen LogP contribution in [0.4, 0.5) is 0 Å². The third kappa shape index (κ3) is 4.54. The highest BCUT2D eigenvalue weighted by Gasteiger charge is 2.21. The van der Waals surface area contributed by atoms with Gasteiger partial charge in [0.15, 0.2) is 0 Å². The lowest BCUT2D eigenvalue weighted by Crippen LogP contribution is -2.39. The molecule has 106 valence electrons. The number of benzene rings is 1. The molecule has 0 saturated carbocycles. The lowest BCUT2D eigenvalue weighted by Gasteiger charge is -2.35. The Morgan fingerprint density at radius 2 is 1.89 bits per heavy atom. The standard InChI is InChI=1S/C13H19ClN2O2S/c14-12-6-4-11(5-7-12)13(10-15-19(17)18)16-8-2-1-3-9-16/h4-7,13,15H,1-3,8-10H2,(H,17,18)/p-1. The van der Waals surface area contributed by atoms with E-state index in [2.05, 4.69) is 9.62 Å². The maximum atomic E-state index is 10.7. The fourth-order valence-electron chi connectivity index (χ4n) is 2.52. The van der Waals surface area contributed by atoms with Gasteiger partial charge in [-0.15, -0.1) is 0 Å². The zero-order chi connectivity index (χ0) is 13.7. The van der Waals surface area contributed by atoms with Gasteiger partial charge in [-0.2, -0.15) is 0 Å². The van der Waals surface area contributed by atoms with Gasteiger partial charge in [0.2, 0.25) is 0 Å². The van der Waals surface area contributed by atoms with E-state index in [-0.39, 0.29) is 6.04 Å². The Morgan fingerprint density at radius 3 is 2.47 bits per heavy atom. The van der Waals surface area contributed by atoms with Gasteiger partial charge >= 0.3 is 0 Å². The molecule has 0 bridgehead atoms. The maximum absolute atomic E-state index is 10.7. The SMILES string of the molecule is O=S([O-])NCC(c1ccc(Cl)cc1)N1CCCCC1. The molecule has 0 amide bonds. The van der Waals surface area contributed by atoms with Gasteiger partial charge < -0.3 is 4.55 Å². The van der Waals surface area contributed by atoms with Gasteiger partial charge in [0.25, 0.3) is 0 Å². The molecule has 2 unspecified atom stereocenters. The van der Waals surface area contributed by atoms with Crippen molar-refractivity contribution < 1.29 is 8.76 Å². The van der Waals surface area contributed by atoms with Crippen molar-refractivity contribution in [2.75, 3.05) is 19.6 Å². The van der Waals surface area contributed by atoms with E-state index in [1.807, 2.05) is 24.3 Å². The summed E-state index contributed by atoms with van der Waals surface area (Å²) in [6, 6.07) is 7.72. The normalized spacial score (nSPS) is 20.1. The molecule has 2 atom stereocenters. The summed E-state index contributed by atoms with van der Waals surface area (Å²) < 4.78 is 23.9. The minimum Gasteiger partial charge on any atom is -0.760 e. The molecule has 0 aromatic heterocycles. The van der Waals surface area contributed by atoms with Gasteiger partial charge in [-0.3, -0.25) is 9.11 Å². The van der Waals surface area contributed by atoms with Crippen molar-refractivity contribution in [2.24, 2.45) is 0 Å². The molecule has 1 saturated heterocycles. The zero-order valence-corrected chi connectivity index (χ0v) is 12.3. The van der Waals surface area contributed by atoms with Gasteiger partial charge in [-0.1, -0.05) is 30.2 Å². The number of nitrogens with one attached hydrogen (secondary N) is 1. The Bertz CT molecular complexity index is 421. The topological polar surface area (TPSA) is 55.4 Å². The van der Waals surface area contributed by atoms with E-state index in [1.54, 1.807) is 0 Å². The van der Waals surface area contributed by atoms with Gasteiger partial charge in [-0.05, 0) is 43.6 Å². The quantitative estimate of drug-likeness (QED) is 0.849. The van der Waals surface area contributed by atoms with E-state index in [9.17, 15) is 8.76 Å². The minimum atomic E-state index is -2.22. The first-order valence-electron chi connectivity index (χ1n) is 6.49. The fourth-order valence-corrected chi connectivity index (χ4v) is 2.94. The Kier molecular flexibility index (Phi) is 5.78. The molecular formula is C13H18ClN2O2S-. The van der Waals surface area contributed by atoms with Gasteiger partial charge in [0.05, 0.1) is 0 Å². The van der Waals surface area contributed by atoms with Crippen LogP contribution >= 0.6 is 11.6 Å². The third-order valence-electron chi connectivity index (χ3n) is 3.48. The van der Waals surface area contributed by atoms with E-state index in [1.165, 1.54) is 19.3 Å². The molecule has 1 heterocycles. The first-order valence-corrected chi connectivity index (χ1v) is 7.94. The van der Waals surface area contributed by atoms with Crippen molar-refractivity contribution in [1.82, 2.24) is 9.62 Å². The Hall–Kier alpha value is -0.460. The summed E-state index contributed by atoms with van der Waals surface area (Å²) in [7, 11) is 0.